The second kappa shape index (κ2) is 6.92. The maximum atomic E-state index is 12.8. The summed E-state index contributed by atoms with van der Waals surface area (Å²) in [6.45, 7) is 8.18. The van der Waals surface area contributed by atoms with Gasteiger partial charge < -0.3 is 10.2 Å². The van der Waals surface area contributed by atoms with Crippen LogP contribution >= 0.6 is 0 Å². The molecule has 4 heteroatoms. The van der Waals surface area contributed by atoms with Crippen molar-refractivity contribution >= 4 is 11.7 Å². The van der Waals surface area contributed by atoms with Gasteiger partial charge in [0, 0.05) is 31.4 Å². The van der Waals surface area contributed by atoms with Crippen molar-refractivity contribution in [3.05, 3.63) is 23.4 Å². The number of rotatable bonds is 4. The van der Waals surface area contributed by atoms with E-state index in [0.29, 0.717) is 11.8 Å². The summed E-state index contributed by atoms with van der Waals surface area (Å²) >= 11 is 0. The largest absolute Gasteiger partial charge is 0.373 e. The second-order valence-electron chi connectivity index (χ2n) is 6.24. The van der Waals surface area contributed by atoms with Gasteiger partial charge >= 0.3 is 0 Å². The number of pyridine rings is 1. The Hall–Kier alpha value is -1.58. The van der Waals surface area contributed by atoms with Gasteiger partial charge in [0.2, 0.25) is 0 Å². The molecule has 1 aliphatic heterocycles. The van der Waals surface area contributed by atoms with Crippen molar-refractivity contribution < 1.29 is 4.79 Å². The van der Waals surface area contributed by atoms with Crippen molar-refractivity contribution in [1.29, 1.82) is 0 Å². The van der Waals surface area contributed by atoms with Gasteiger partial charge in [0.15, 0.2) is 0 Å². The van der Waals surface area contributed by atoms with E-state index in [1.807, 2.05) is 24.1 Å². The molecule has 1 amide bonds. The maximum absolute atomic E-state index is 12.8. The highest BCUT2D eigenvalue weighted by molar-refractivity contribution is 5.95. The SMILES string of the molecule is CCC1CCCN(C(=O)c2cc(NC)nc(C(C)C)c2)C1. The average Bonchev–Trinajstić information content (AvgIpc) is 2.53. The summed E-state index contributed by atoms with van der Waals surface area (Å²) in [5, 5.41) is 3.06. The first-order valence-corrected chi connectivity index (χ1v) is 8.04. The van der Waals surface area contributed by atoms with Crippen molar-refractivity contribution in [3.8, 4) is 0 Å². The van der Waals surface area contributed by atoms with Gasteiger partial charge in [-0.2, -0.15) is 0 Å². The molecule has 0 spiro atoms. The van der Waals surface area contributed by atoms with Crippen molar-refractivity contribution in [2.24, 2.45) is 5.92 Å². The van der Waals surface area contributed by atoms with E-state index >= 15 is 0 Å². The number of carbonyl (C=O) groups is 1. The second-order valence-corrected chi connectivity index (χ2v) is 6.24. The zero-order chi connectivity index (χ0) is 15.4. The van der Waals surface area contributed by atoms with Gasteiger partial charge in [-0.1, -0.05) is 27.2 Å². The van der Waals surface area contributed by atoms with Gasteiger partial charge in [-0.3, -0.25) is 4.79 Å². The minimum absolute atomic E-state index is 0.147. The fraction of sp³-hybridized carbons (Fsp3) is 0.647. The monoisotopic (exact) mass is 289 g/mol. The zero-order valence-corrected chi connectivity index (χ0v) is 13.6. The summed E-state index contributed by atoms with van der Waals surface area (Å²) in [5.74, 6) is 1.88. The Morgan fingerprint density at radius 2 is 2.24 bits per heavy atom. The smallest absolute Gasteiger partial charge is 0.254 e. The molecule has 1 fully saturated rings. The molecule has 1 N–H and O–H groups in total. The van der Waals surface area contributed by atoms with Crippen LogP contribution in [0.5, 0.6) is 0 Å². The molecule has 1 unspecified atom stereocenters. The predicted octanol–water partition coefficient (Wildman–Crippen LogP) is 3.51. The van der Waals surface area contributed by atoms with E-state index in [0.717, 1.165) is 43.0 Å². The summed E-state index contributed by atoms with van der Waals surface area (Å²) in [6, 6.07) is 3.81. The van der Waals surface area contributed by atoms with Crippen molar-refractivity contribution in [2.75, 3.05) is 25.5 Å². The Kier molecular flexibility index (Phi) is 5.21. The molecule has 2 rings (SSSR count). The molecule has 0 aromatic carbocycles. The first-order chi connectivity index (χ1) is 10.0. The summed E-state index contributed by atoms with van der Waals surface area (Å²) in [6.07, 6.45) is 3.51. The summed E-state index contributed by atoms with van der Waals surface area (Å²) in [5.41, 5.74) is 1.73. The fourth-order valence-electron chi connectivity index (χ4n) is 2.86. The van der Waals surface area contributed by atoms with Crippen molar-refractivity contribution in [2.45, 2.75) is 46.0 Å². The first kappa shape index (κ1) is 15.8. The lowest BCUT2D eigenvalue weighted by molar-refractivity contribution is 0.0671. The number of piperidine rings is 1. The van der Waals surface area contributed by atoms with Crippen LogP contribution in [-0.2, 0) is 0 Å². The zero-order valence-electron chi connectivity index (χ0n) is 13.6. The Bertz CT molecular complexity index is 499. The number of nitrogens with one attached hydrogen (secondary N) is 1. The number of amides is 1. The topological polar surface area (TPSA) is 45.2 Å². The molecule has 116 valence electrons. The van der Waals surface area contributed by atoms with Crippen LogP contribution in [0.15, 0.2) is 12.1 Å². The van der Waals surface area contributed by atoms with Crippen LogP contribution in [0.3, 0.4) is 0 Å². The predicted molar refractivity (Wildman–Crippen MR) is 86.8 cm³/mol. The third kappa shape index (κ3) is 3.74. The van der Waals surface area contributed by atoms with Gasteiger partial charge in [0.1, 0.15) is 5.82 Å². The van der Waals surface area contributed by atoms with Crippen LogP contribution in [0.1, 0.15) is 62.0 Å². The molecule has 1 aromatic rings. The summed E-state index contributed by atoms with van der Waals surface area (Å²) < 4.78 is 0. The number of likely N-dealkylation sites (tertiary alicyclic amines) is 1. The maximum Gasteiger partial charge on any atom is 0.254 e. The van der Waals surface area contributed by atoms with Gasteiger partial charge in [-0.25, -0.2) is 4.98 Å². The Labute approximate surface area is 127 Å². The number of hydrogen-bond acceptors (Lipinski definition) is 3. The lowest BCUT2D eigenvalue weighted by Gasteiger charge is -2.32. The third-order valence-electron chi connectivity index (χ3n) is 4.32. The van der Waals surface area contributed by atoms with E-state index in [-0.39, 0.29) is 5.91 Å². The lowest BCUT2D eigenvalue weighted by atomic mass is 9.95. The van der Waals surface area contributed by atoms with E-state index in [2.05, 4.69) is 31.1 Å². The van der Waals surface area contributed by atoms with Crippen LogP contribution in [-0.4, -0.2) is 35.9 Å². The minimum atomic E-state index is 0.147. The molecular weight excluding hydrogens is 262 g/mol. The van der Waals surface area contributed by atoms with Gasteiger partial charge in [0.05, 0.1) is 0 Å². The molecule has 1 atom stereocenters. The van der Waals surface area contributed by atoms with E-state index in [4.69, 9.17) is 0 Å². The Balaban J connectivity index is 2.23. The number of hydrogen-bond donors (Lipinski definition) is 1. The van der Waals surface area contributed by atoms with Crippen LogP contribution in [0, 0.1) is 5.92 Å². The molecule has 0 saturated carbocycles. The highest BCUT2D eigenvalue weighted by atomic mass is 16.2. The van der Waals surface area contributed by atoms with Gasteiger partial charge in [-0.05, 0) is 36.8 Å². The van der Waals surface area contributed by atoms with E-state index in [9.17, 15) is 4.79 Å². The Morgan fingerprint density at radius 3 is 2.86 bits per heavy atom. The standard InChI is InChI=1S/C17H27N3O/c1-5-13-7-6-8-20(11-13)17(21)14-9-15(12(2)3)19-16(10-14)18-4/h9-10,12-13H,5-8,11H2,1-4H3,(H,18,19). The molecule has 0 aliphatic carbocycles. The summed E-state index contributed by atoms with van der Waals surface area (Å²) in [4.78, 5) is 19.3. The van der Waals surface area contributed by atoms with Crippen LogP contribution in [0.2, 0.25) is 0 Å². The quantitative estimate of drug-likeness (QED) is 0.922. The molecular formula is C17H27N3O. The van der Waals surface area contributed by atoms with Crippen molar-refractivity contribution in [1.82, 2.24) is 9.88 Å². The minimum Gasteiger partial charge on any atom is -0.373 e. The number of nitrogens with zero attached hydrogens (tertiary/aromatic N) is 2. The van der Waals surface area contributed by atoms with E-state index < -0.39 is 0 Å². The first-order valence-electron chi connectivity index (χ1n) is 8.04. The fourth-order valence-corrected chi connectivity index (χ4v) is 2.86. The van der Waals surface area contributed by atoms with E-state index in [1.165, 1.54) is 6.42 Å². The average molecular weight is 289 g/mol. The molecule has 4 nitrogen and oxygen atoms in total. The lowest BCUT2D eigenvalue weighted by Crippen LogP contribution is -2.39. The van der Waals surface area contributed by atoms with Gasteiger partial charge in [-0.15, -0.1) is 0 Å². The highest BCUT2D eigenvalue weighted by Crippen LogP contribution is 2.23. The molecule has 0 radical (unpaired) electrons. The number of aromatic nitrogens is 1. The van der Waals surface area contributed by atoms with Crippen molar-refractivity contribution in [3.63, 3.8) is 0 Å². The molecule has 2 heterocycles. The molecule has 1 saturated heterocycles. The Morgan fingerprint density at radius 1 is 1.48 bits per heavy atom. The molecule has 1 aliphatic rings. The van der Waals surface area contributed by atoms with Crippen LogP contribution < -0.4 is 5.32 Å². The van der Waals surface area contributed by atoms with Gasteiger partial charge in [0.25, 0.3) is 5.91 Å². The van der Waals surface area contributed by atoms with Crippen LogP contribution in [0.4, 0.5) is 5.82 Å². The molecule has 21 heavy (non-hydrogen) atoms. The molecule has 1 aromatic heterocycles. The number of anilines is 1. The molecule has 0 bridgehead atoms. The number of carbonyl (C=O) groups excluding carboxylic acids is 1. The highest BCUT2D eigenvalue weighted by Gasteiger charge is 2.24. The van der Waals surface area contributed by atoms with Crippen LogP contribution in [0.25, 0.3) is 0 Å². The normalized spacial score (nSPS) is 18.9. The third-order valence-corrected chi connectivity index (χ3v) is 4.32. The summed E-state index contributed by atoms with van der Waals surface area (Å²) in [7, 11) is 1.84. The van der Waals surface area contributed by atoms with E-state index in [1.54, 1.807) is 0 Å².